The summed E-state index contributed by atoms with van der Waals surface area (Å²) in [6, 6.07) is 14.8. The number of hydrogen-bond donors (Lipinski definition) is 2. The Bertz CT molecular complexity index is 579. The Hall–Kier alpha value is -2.13. The SMILES string of the molecule is Cc1cccc(C(N)=O)c1CC(O)c1ccccc1. The Labute approximate surface area is 112 Å². The van der Waals surface area contributed by atoms with Crippen molar-refractivity contribution in [1.82, 2.24) is 0 Å². The van der Waals surface area contributed by atoms with Crippen molar-refractivity contribution < 1.29 is 9.90 Å². The Kier molecular flexibility index (Phi) is 3.97. The second-order valence-corrected chi connectivity index (χ2v) is 4.60. The van der Waals surface area contributed by atoms with Crippen LogP contribution in [0.4, 0.5) is 0 Å². The van der Waals surface area contributed by atoms with Gasteiger partial charge in [0.05, 0.1) is 6.10 Å². The monoisotopic (exact) mass is 255 g/mol. The number of carbonyl (C=O) groups excluding carboxylic acids is 1. The molecule has 0 saturated carbocycles. The van der Waals surface area contributed by atoms with Crippen molar-refractivity contribution in [1.29, 1.82) is 0 Å². The molecule has 1 amide bonds. The summed E-state index contributed by atoms with van der Waals surface area (Å²) >= 11 is 0. The molecule has 0 aliphatic heterocycles. The molecule has 0 aliphatic carbocycles. The molecule has 19 heavy (non-hydrogen) atoms. The zero-order chi connectivity index (χ0) is 13.8. The third kappa shape index (κ3) is 3.01. The first-order valence-electron chi connectivity index (χ1n) is 6.21. The lowest BCUT2D eigenvalue weighted by Gasteiger charge is -2.15. The fourth-order valence-electron chi connectivity index (χ4n) is 2.19. The summed E-state index contributed by atoms with van der Waals surface area (Å²) in [6.07, 6.45) is -0.255. The van der Waals surface area contributed by atoms with Crippen LogP contribution in [0.25, 0.3) is 0 Å². The molecule has 3 heteroatoms. The largest absolute Gasteiger partial charge is 0.388 e. The summed E-state index contributed by atoms with van der Waals surface area (Å²) in [6.45, 7) is 1.92. The summed E-state index contributed by atoms with van der Waals surface area (Å²) < 4.78 is 0. The predicted molar refractivity (Wildman–Crippen MR) is 74.8 cm³/mol. The molecule has 2 aromatic rings. The fourth-order valence-corrected chi connectivity index (χ4v) is 2.19. The molecule has 0 heterocycles. The van der Waals surface area contributed by atoms with Crippen LogP contribution >= 0.6 is 0 Å². The van der Waals surface area contributed by atoms with E-state index in [2.05, 4.69) is 0 Å². The van der Waals surface area contributed by atoms with Crippen LogP contribution in [-0.2, 0) is 6.42 Å². The van der Waals surface area contributed by atoms with Crippen LogP contribution in [0.2, 0.25) is 0 Å². The summed E-state index contributed by atoms with van der Waals surface area (Å²) in [7, 11) is 0. The molecule has 0 aromatic heterocycles. The van der Waals surface area contributed by atoms with Crippen LogP contribution in [0.3, 0.4) is 0 Å². The molecular weight excluding hydrogens is 238 g/mol. The van der Waals surface area contributed by atoms with Crippen LogP contribution in [0.1, 0.15) is 33.2 Å². The van der Waals surface area contributed by atoms with E-state index in [1.165, 1.54) is 0 Å². The number of carbonyl (C=O) groups is 1. The van der Waals surface area contributed by atoms with E-state index in [0.717, 1.165) is 16.7 Å². The minimum absolute atomic E-state index is 0.384. The number of benzene rings is 2. The molecule has 1 unspecified atom stereocenters. The Balaban J connectivity index is 2.31. The van der Waals surface area contributed by atoms with Crippen molar-refractivity contribution >= 4 is 5.91 Å². The van der Waals surface area contributed by atoms with E-state index in [1.54, 1.807) is 12.1 Å². The second-order valence-electron chi connectivity index (χ2n) is 4.60. The highest BCUT2D eigenvalue weighted by molar-refractivity contribution is 5.94. The van der Waals surface area contributed by atoms with Gasteiger partial charge >= 0.3 is 0 Å². The number of amides is 1. The number of rotatable bonds is 4. The van der Waals surface area contributed by atoms with Crippen LogP contribution < -0.4 is 5.73 Å². The standard InChI is InChI=1S/C16H17NO2/c1-11-6-5-9-13(16(17)19)14(11)10-15(18)12-7-3-2-4-8-12/h2-9,15,18H,10H2,1H3,(H2,17,19). The van der Waals surface area contributed by atoms with Gasteiger partial charge in [0, 0.05) is 12.0 Å². The predicted octanol–water partition coefficient (Wildman–Crippen LogP) is 2.37. The maximum Gasteiger partial charge on any atom is 0.248 e. The first kappa shape index (κ1) is 13.3. The van der Waals surface area contributed by atoms with E-state index in [9.17, 15) is 9.90 Å². The Morgan fingerprint density at radius 1 is 1.16 bits per heavy atom. The molecule has 1 atom stereocenters. The first-order chi connectivity index (χ1) is 9.09. The smallest absolute Gasteiger partial charge is 0.248 e. The van der Waals surface area contributed by atoms with Crippen LogP contribution in [0.5, 0.6) is 0 Å². The van der Waals surface area contributed by atoms with E-state index < -0.39 is 12.0 Å². The average molecular weight is 255 g/mol. The van der Waals surface area contributed by atoms with Crippen molar-refractivity contribution in [3.05, 3.63) is 70.8 Å². The number of hydrogen-bond acceptors (Lipinski definition) is 2. The van der Waals surface area contributed by atoms with Gasteiger partial charge in [0.25, 0.3) is 0 Å². The number of aliphatic hydroxyl groups excluding tert-OH is 1. The maximum atomic E-state index is 11.4. The highest BCUT2D eigenvalue weighted by atomic mass is 16.3. The van der Waals surface area contributed by atoms with E-state index in [1.807, 2.05) is 43.3 Å². The van der Waals surface area contributed by atoms with Gasteiger partial charge in [-0.25, -0.2) is 0 Å². The summed E-state index contributed by atoms with van der Waals surface area (Å²) in [5, 5.41) is 10.3. The van der Waals surface area contributed by atoms with Gasteiger partial charge in [0.15, 0.2) is 0 Å². The van der Waals surface area contributed by atoms with E-state index in [4.69, 9.17) is 5.73 Å². The van der Waals surface area contributed by atoms with Gasteiger partial charge in [-0.3, -0.25) is 4.79 Å². The van der Waals surface area contributed by atoms with Gasteiger partial charge < -0.3 is 10.8 Å². The van der Waals surface area contributed by atoms with Gasteiger partial charge in [-0.1, -0.05) is 42.5 Å². The minimum Gasteiger partial charge on any atom is -0.388 e. The lowest BCUT2D eigenvalue weighted by molar-refractivity contribution is 0.0998. The van der Waals surface area contributed by atoms with Crippen molar-refractivity contribution in [3.8, 4) is 0 Å². The van der Waals surface area contributed by atoms with Crippen LogP contribution in [-0.4, -0.2) is 11.0 Å². The molecular formula is C16H17NO2. The van der Waals surface area contributed by atoms with Gasteiger partial charge in [0.1, 0.15) is 0 Å². The van der Waals surface area contributed by atoms with Crippen molar-refractivity contribution in [3.63, 3.8) is 0 Å². The van der Waals surface area contributed by atoms with Crippen molar-refractivity contribution in [2.24, 2.45) is 5.73 Å². The molecule has 0 aliphatic rings. The zero-order valence-electron chi connectivity index (χ0n) is 10.8. The quantitative estimate of drug-likeness (QED) is 0.881. The molecule has 0 radical (unpaired) electrons. The molecule has 0 spiro atoms. The summed E-state index contributed by atoms with van der Waals surface area (Å²) in [5.74, 6) is -0.459. The highest BCUT2D eigenvalue weighted by Gasteiger charge is 2.15. The van der Waals surface area contributed by atoms with Gasteiger partial charge in [-0.15, -0.1) is 0 Å². The molecule has 98 valence electrons. The summed E-state index contributed by atoms with van der Waals surface area (Å²) in [5.41, 5.74) is 8.47. The highest BCUT2D eigenvalue weighted by Crippen LogP contribution is 2.23. The van der Waals surface area contributed by atoms with Crippen molar-refractivity contribution in [2.75, 3.05) is 0 Å². The lowest BCUT2D eigenvalue weighted by atomic mass is 9.93. The number of primary amides is 1. The molecule has 0 saturated heterocycles. The molecule has 3 N–H and O–H groups in total. The molecule has 3 nitrogen and oxygen atoms in total. The van der Waals surface area contributed by atoms with Gasteiger partial charge in [-0.05, 0) is 29.7 Å². The average Bonchev–Trinajstić information content (AvgIpc) is 2.41. The zero-order valence-corrected chi connectivity index (χ0v) is 10.8. The fraction of sp³-hybridized carbons (Fsp3) is 0.188. The van der Waals surface area contributed by atoms with Crippen molar-refractivity contribution in [2.45, 2.75) is 19.4 Å². The first-order valence-corrected chi connectivity index (χ1v) is 6.21. The maximum absolute atomic E-state index is 11.4. The van der Waals surface area contributed by atoms with Gasteiger partial charge in [0.2, 0.25) is 5.91 Å². The normalized spacial score (nSPS) is 12.1. The minimum atomic E-state index is -0.639. The number of nitrogens with two attached hydrogens (primary N) is 1. The molecule has 2 rings (SSSR count). The third-order valence-corrected chi connectivity index (χ3v) is 3.26. The van der Waals surface area contributed by atoms with Crippen LogP contribution in [0.15, 0.2) is 48.5 Å². The van der Waals surface area contributed by atoms with Crippen LogP contribution in [0, 0.1) is 6.92 Å². The number of aliphatic hydroxyl groups is 1. The third-order valence-electron chi connectivity index (χ3n) is 3.26. The Morgan fingerprint density at radius 3 is 2.47 bits per heavy atom. The van der Waals surface area contributed by atoms with Gasteiger partial charge in [-0.2, -0.15) is 0 Å². The summed E-state index contributed by atoms with van der Waals surface area (Å²) in [4.78, 5) is 11.4. The molecule has 2 aromatic carbocycles. The second kappa shape index (κ2) is 5.67. The lowest BCUT2D eigenvalue weighted by Crippen LogP contribution is -2.16. The topological polar surface area (TPSA) is 63.3 Å². The van der Waals surface area contributed by atoms with E-state index in [-0.39, 0.29) is 0 Å². The molecule has 0 bridgehead atoms. The van der Waals surface area contributed by atoms with E-state index in [0.29, 0.717) is 12.0 Å². The Morgan fingerprint density at radius 2 is 1.84 bits per heavy atom. The molecule has 0 fully saturated rings. The van der Waals surface area contributed by atoms with E-state index >= 15 is 0 Å². The number of aryl methyl sites for hydroxylation is 1.